The molecule has 4 heteroatoms. The second-order valence-corrected chi connectivity index (χ2v) is 3.17. The van der Waals surface area contributed by atoms with Crippen molar-refractivity contribution >= 4 is 0 Å². The highest BCUT2D eigenvalue weighted by Gasteiger charge is 2.26. The molecule has 0 bridgehead atoms. The largest absolute Gasteiger partial charge is 0.304 e. The topological polar surface area (TPSA) is 35.2 Å². The maximum absolute atomic E-state index is 13.1. The van der Waals surface area contributed by atoms with Crippen molar-refractivity contribution in [2.24, 2.45) is 5.90 Å². The molecule has 0 amide bonds. The van der Waals surface area contributed by atoms with Crippen LogP contribution in [0.5, 0.6) is 0 Å². The first-order valence-electron chi connectivity index (χ1n) is 4.33. The first kappa shape index (κ1) is 11.1. The zero-order chi connectivity index (χ0) is 10.6. The highest BCUT2D eigenvalue weighted by atomic mass is 19.3. The summed E-state index contributed by atoms with van der Waals surface area (Å²) >= 11 is 0. The summed E-state index contributed by atoms with van der Waals surface area (Å²) in [5.41, 5.74) is 0.613. The fraction of sp³-hybridized carbons (Fsp3) is 0.400. The van der Waals surface area contributed by atoms with Crippen molar-refractivity contribution < 1.29 is 13.6 Å². The van der Waals surface area contributed by atoms with Gasteiger partial charge in [0.15, 0.2) is 0 Å². The molecule has 1 rings (SSSR count). The van der Waals surface area contributed by atoms with Gasteiger partial charge in [0, 0.05) is 12.5 Å². The van der Waals surface area contributed by atoms with E-state index in [1.54, 1.807) is 18.2 Å². The summed E-state index contributed by atoms with van der Waals surface area (Å²) in [7, 11) is 0. The number of rotatable bonds is 4. The van der Waals surface area contributed by atoms with Crippen molar-refractivity contribution in [3.8, 4) is 0 Å². The normalized spacial score (nSPS) is 11.7. The van der Waals surface area contributed by atoms with Crippen LogP contribution in [0.4, 0.5) is 8.78 Å². The summed E-state index contributed by atoms with van der Waals surface area (Å²) in [5, 5.41) is 0. The molecule has 0 heterocycles. The molecule has 2 nitrogen and oxygen atoms in total. The Balaban J connectivity index is 2.92. The fourth-order valence-electron chi connectivity index (χ4n) is 1.34. The summed E-state index contributed by atoms with van der Waals surface area (Å²) in [6.07, 6.45) is 0.399. The van der Waals surface area contributed by atoms with Gasteiger partial charge in [-0.25, -0.2) is 14.7 Å². The van der Waals surface area contributed by atoms with E-state index >= 15 is 0 Å². The van der Waals surface area contributed by atoms with Crippen LogP contribution in [-0.4, -0.2) is 6.61 Å². The first-order chi connectivity index (χ1) is 6.55. The Morgan fingerprint density at radius 2 is 2.00 bits per heavy atom. The van der Waals surface area contributed by atoms with Gasteiger partial charge in [-0.1, -0.05) is 24.3 Å². The average molecular weight is 201 g/mol. The molecule has 1 aromatic carbocycles. The van der Waals surface area contributed by atoms with Crippen LogP contribution < -0.4 is 5.90 Å². The molecule has 0 atom stereocenters. The van der Waals surface area contributed by atoms with Crippen LogP contribution in [0.1, 0.15) is 18.1 Å². The molecule has 0 aliphatic rings. The molecule has 78 valence electrons. The molecule has 0 aromatic heterocycles. The molecule has 0 radical (unpaired) electrons. The van der Waals surface area contributed by atoms with E-state index in [1.807, 2.05) is 0 Å². The molecule has 0 fully saturated rings. The second-order valence-electron chi connectivity index (χ2n) is 3.17. The number of hydrogen-bond donors (Lipinski definition) is 1. The maximum atomic E-state index is 13.1. The van der Waals surface area contributed by atoms with Gasteiger partial charge in [0.1, 0.15) is 0 Å². The third kappa shape index (κ3) is 2.75. The summed E-state index contributed by atoms with van der Waals surface area (Å²) in [6.45, 7) is 1.13. The van der Waals surface area contributed by atoms with Crippen LogP contribution in [0, 0.1) is 0 Å². The van der Waals surface area contributed by atoms with E-state index < -0.39 is 5.92 Å². The van der Waals surface area contributed by atoms with E-state index in [0.29, 0.717) is 12.0 Å². The van der Waals surface area contributed by atoms with Crippen LogP contribution in [0.2, 0.25) is 0 Å². The smallest absolute Gasteiger partial charge is 0.270 e. The highest BCUT2D eigenvalue weighted by Crippen LogP contribution is 2.29. The van der Waals surface area contributed by atoms with Gasteiger partial charge in [-0.3, -0.25) is 0 Å². The van der Waals surface area contributed by atoms with Gasteiger partial charge < -0.3 is 4.84 Å². The predicted octanol–water partition coefficient (Wildman–Crippen LogP) is 2.23. The molecule has 14 heavy (non-hydrogen) atoms. The van der Waals surface area contributed by atoms with E-state index in [1.165, 1.54) is 6.07 Å². The number of hydrogen-bond acceptors (Lipinski definition) is 2. The van der Waals surface area contributed by atoms with E-state index in [4.69, 9.17) is 5.90 Å². The Labute approximate surface area is 81.6 Å². The van der Waals surface area contributed by atoms with E-state index in [-0.39, 0.29) is 12.2 Å². The van der Waals surface area contributed by atoms with Gasteiger partial charge in [0.25, 0.3) is 5.92 Å². The molecule has 0 aliphatic carbocycles. The van der Waals surface area contributed by atoms with Crippen molar-refractivity contribution in [3.05, 3.63) is 35.4 Å². The minimum atomic E-state index is -2.81. The standard InChI is InChI=1S/C10H13F2NO/c1-10(11,12)9-5-3-2-4-8(9)6-7-14-13/h2-5H,6-7,13H2,1H3. The monoisotopic (exact) mass is 201 g/mol. The van der Waals surface area contributed by atoms with Crippen molar-refractivity contribution in [1.82, 2.24) is 0 Å². The van der Waals surface area contributed by atoms with Gasteiger partial charge in [0.2, 0.25) is 0 Å². The van der Waals surface area contributed by atoms with E-state index in [0.717, 1.165) is 6.92 Å². The quantitative estimate of drug-likeness (QED) is 0.758. The van der Waals surface area contributed by atoms with Gasteiger partial charge in [-0.2, -0.15) is 0 Å². The Bertz CT molecular complexity index is 296. The zero-order valence-corrected chi connectivity index (χ0v) is 7.97. The number of nitrogens with two attached hydrogens (primary N) is 1. The third-order valence-electron chi connectivity index (χ3n) is 1.98. The van der Waals surface area contributed by atoms with Crippen LogP contribution in [-0.2, 0) is 17.2 Å². The predicted molar refractivity (Wildman–Crippen MR) is 49.9 cm³/mol. The van der Waals surface area contributed by atoms with Crippen LogP contribution in [0.15, 0.2) is 24.3 Å². The van der Waals surface area contributed by atoms with E-state index in [9.17, 15) is 8.78 Å². The summed E-state index contributed by atoms with van der Waals surface area (Å²) in [5.74, 6) is 2.03. The Morgan fingerprint density at radius 3 is 2.57 bits per heavy atom. The molecular weight excluding hydrogens is 188 g/mol. The Morgan fingerprint density at radius 1 is 1.36 bits per heavy atom. The van der Waals surface area contributed by atoms with Crippen molar-refractivity contribution in [1.29, 1.82) is 0 Å². The van der Waals surface area contributed by atoms with Gasteiger partial charge >= 0.3 is 0 Å². The average Bonchev–Trinajstić information content (AvgIpc) is 2.14. The minimum absolute atomic E-state index is 0.0389. The van der Waals surface area contributed by atoms with Crippen LogP contribution >= 0.6 is 0 Å². The molecule has 0 saturated carbocycles. The number of halogens is 2. The highest BCUT2D eigenvalue weighted by molar-refractivity contribution is 5.30. The number of alkyl halides is 2. The number of benzene rings is 1. The van der Waals surface area contributed by atoms with Crippen molar-refractivity contribution in [3.63, 3.8) is 0 Å². The fourth-order valence-corrected chi connectivity index (χ4v) is 1.34. The third-order valence-corrected chi connectivity index (χ3v) is 1.98. The molecule has 0 spiro atoms. The lowest BCUT2D eigenvalue weighted by Crippen LogP contribution is -2.13. The lowest BCUT2D eigenvalue weighted by Gasteiger charge is -2.15. The molecule has 0 aliphatic heterocycles. The van der Waals surface area contributed by atoms with Crippen molar-refractivity contribution in [2.75, 3.05) is 6.61 Å². The molecule has 0 saturated heterocycles. The van der Waals surface area contributed by atoms with Gasteiger partial charge in [-0.15, -0.1) is 0 Å². The van der Waals surface area contributed by atoms with Gasteiger partial charge in [-0.05, 0) is 12.0 Å². The van der Waals surface area contributed by atoms with Gasteiger partial charge in [0.05, 0.1) is 6.61 Å². The first-order valence-corrected chi connectivity index (χ1v) is 4.33. The minimum Gasteiger partial charge on any atom is -0.304 e. The lowest BCUT2D eigenvalue weighted by atomic mass is 10.0. The molecular formula is C10H13F2NO. The van der Waals surface area contributed by atoms with Crippen LogP contribution in [0.25, 0.3) is 0 Å². The Kier molecular flexibility index (Phi) is 3.55. The zero-order valence-electron chi connectivity index (χ0n) is 7.97. The van der Waals surface area contributed by atoms with E-state index in [2.05, 4.69) is 4.84 Å². The molecule has 2 N–H and O–H groups in total. The molecule has 0 unspecified atom stereocenters. The Hall–Kier alpha value is -1.00. The summed E-state index contributed by atoms with van der Waals surface area (Å²) in [6, 6.07) is 6.40. The lowest BCUT2D eigenvalue weighted by molar-refractivity contribution is 0.0161. The molecule has 1 aromatic rings. The maximum Gasteiger partial charge on any atom is 0.270 e. The summed E-state index contributed by atoms with van der Waals surface area (Å²) in [4.78, 5) is 4.37. The van der Waals surface area contributed by atoms with Crippen LogP contribution in [0.3, 0.4) is 0 Å². The SMILES string of the molecule is CC(F)(F)c1ccccc1CCON. The summed E-state index contributed by atoms with van der Waals surface area (Å²) < 4.78 is 26.1. The van der Waals surface area contributed by atoms with Crippen molar-refractivity contribution in [2.45, 2.75) is 19.3 Å². The second kappa shape index (κ2) is 4.48.